The van der Waals surface area contributed by atoms with E-state index in [-0.39, 0.29) is 5.95 Å². The number of pyridine rings is 1. The molecule has 2 aromatic heterocycles. The number of aromatic nitrogens is 3. The Morgan fingerprint density at radius 2 is 1.53 bits per heavy atom. The Balaban J connectivity index is 2.14. The summed E-state index contributed by atoms with van der Waals surface area (Å²) in [5.74, 6) is 0.280. The van der Waals surface area contributed by atoms with Gasteiger partial charge < -0.3 is 5.73 Å². The average Bonchev–Trinajstić information content (AvgIpc) is 2.39. The summed E-state index contributed by atoms with van der Waals surface area (Å²) in [4.78, 5) is 12.3. The first kappa shape index (κ1) is 9.72. The summed E-state index contributed by atoms with van der Waals surface area (Å²) in [5, 5.41) is 1.10. The topological polar surface area (TPSA) is 64.7 Å². The number of nitrogens with zero attached hydrogens (tertiary/aromatic N) is 3. The molecule has 0 aliphatic carbocycles. The molecule has 0 saturated carbocycles. The van der Waals surface area contributed by atoms with Crippen LogP contribution in [0.5, 0.6) is 0 Å². The van der Waals surface area contributed by atoms with Crippen LogP contribution in [0.4, 0.5) is 5.95 Å². The molecule has 0 spiro atoms. The lowest BCUT2D eigenvalue weighted by atomic mass is 10.1. The van der Waals surface area contributed by atoms with Gasteiger partial charge in [-0.1, -0.05) is 18.2 Å². The van der Waals surface area contributed by atoms with E-state index in [0.29, 0.717) is 0 Å². The molecule has 1 aromatic carbocycles. The van der Waals surface area contributed by atoms with Crippen LogP contribution >= 0.6 is 0 Å². The highest BCUT2D eigenvalue weighted by atomic mass is 15.0. The van der Waals surface area contributed by atoms with Crippen molar-refractivity contribution >= 4 is 16.9 Å². The van der Waals surface area contributed by atoms with E-state index in [2.05, 4.69) is 21.0 Å². The van der Waals surface area contributed by atoms with E-state index in [4.69, 9.17) is 5.73 Å². The second-order valence-electron chi connectivity index (χ2n) is 3.75. The fourth-order valence-corrected chi connectivity index (χ4v) is 1.72. The van der Waals surface area contributed by atoms with E-state index < -0.39 is 0 Å². The minimum Gasteiger partial charge on any atom is -0.368 e. The second kappa shape index (κ2) is 3.83. The van der Waals surface area contributed by atoms with Crippen LogP contribution < -0.4 is 5.73 Å². The molecule has 0 unspecified atom stereocenters. The standard InChI is InChI=1S/C13H10N4/c14-13-16-7-11(8-17-13)10-5-9-3-1-2-4-12(9)15-6-10/h1-8H,(H2,14,16,17). The van der Waals surface area contributed by atoms with Crippen molar-refractivity contribution < 1.29 is 0 Å². The maximum absolute atomic E-state index is 5.46. The first-order valence-corrected chi connectivity index (χ1v) is 5.25. The van der Waals surface area contributed by atoms with Crippen molar-refractivity contribution in [3.63, 3.8) is 0 Å². The summed E-state index contributed by atoms with van der Waals surface area (Å²) in [6, 6.07) is 10.1. The van der Waals surface area contributed by atoms with Gasteiger partial charge in [-0.25, -0.2) is 9.97 Å². The predicted octanol–water partition coefficient (Wildman–Crippen LogP) is 2.27. The quantitative estimate of drug-likeness (QED) is 0.686. The lowest BCUT2D eigenvalue weighted by molar-refractivity contribution is 1.19. The molecule has 3 rings (SSSR count). The molecule has 2 heterocycles. The molecule has 0 aliphatic rings. The van der Waals surface area contributed by atoms with Gasteiger partial charge in [0.2, 0.25) is 5.95 Å². The van der Waals surface area contributed by atoms with Crippen LogP contribution in [-0.4, -0.2) is 15.0 Å². The Bertz CT molecular complexity index is 662. The van der Waals surface area contributed by atoms with E-state index in [1.54, 1.807) is 12.4 Å². The SMILES string of the molecule is Nc1ncc(-c2cnc3ccccc3c2)cn1. The summed E-state index contributed by atoms with van der Waals surface area (Å²) in [7, 11) is 0. The number of para-hydroxylation sites is 1. The van der Waals surface area contributed by atoms with Crippen molar-refractivity contribution in [2.75, 3.05) is 5.73 Å². The zero-order chi connectivity index (χ0) is 11.7. The molecular formula is C13H10N4. The zero-order valence-electron chi connectivity index (χ0n) is 9.04. The number of rotatable bonds is 1. The third-order valence-corrected chi connectivity index (χ3v) is 2.60. The number of nitrogens with two attached hydrogens (primary N) is 1. The number of hydrogen-bond acceptors (Lipinski definition) is 4. The van der Waals surface area contributed by atoms with Gasteiger partial charge in [-0.15, -0.1) is 0 Å². The summed E-state index contributed by atoms with van der Waals surface area (Å²) in [6.45, 7) is 0. The first-order valence-electron chi connectivity index (χ1n) is 5.25. The van der Waals surface area contributed by atoms with Crippen LogP contribution in [0.15, 0.2) is 48.9 Å². The number of nitrogen functional groups attached to an aromatic ring is 1. The van der Waals surface area contributed by atoms with Gasteiger partial charge in [0.15, 0.2) is 0 Å². The molecule has 0 saturated heterocycles. The minimum absolute atomic E-state index is 0.280. The minimum atomic E-state index is 0.280. The highest BCUT2D eigenvalue weighted by molar-refractivity contribution is 5.83. The highest BCUT2D eigenvalue weighted by Gasteiger charge is 2.01. The van der Waals surface area contributed by atoms with Crippen molar-refractivity contribution in [1.29, 1.82) is 0 Å². The smallest absolute Gasteiger partial charge is 0.219 e. The van der Waals surface area contributed by atoms with E-state index in [1.807, 2.05) is 30.5 Å². The number of anilines is 1. The van der Waals surface area contributed by atoms with Crippen molar-refractivity contribution in [1.82, 2.24) is 15.0 Å². The molecule has 82 valence electrons. The molecule has 2 N–H and O–H groups in total. The zero-order valence-corrected chi connectivity index (χ0v) is 9.04. The maximum atomic E-state index is 5.46. The highest BCUT2D eigenvalue weighted by Crippen LogP contribution is 2.21. The lowest BCUT2D eigenvalue weighted by Gasteiger charge is -2.02. The molecule has 0 fully saturated rings. The summed E-state index contributed by atoms with van der Waals surface area (Å²) in [6.07, 6.45) is 5.22. The Morgan fingerprint density at radius 3 is 2.35 bits per heavy atom. The van der Waals surface area contributed by atoms with E-state index in [0.717, 1.165) is 22.0 Å². The van der Waals surface area contributed by atoms with Crippen LogP contribution in [0.2, 0.25) is 0 Å². The number of hydrogen-bond donors (Lipinski definition) is 1. The number of benzene rings is 1. The van der Waals surface area contributed by atoms with Crippen molar-refractivity contribution in [2.45, 2.75) is 0 Å². The molecule has 0 amide bonds. The van der Waals surface area contributed by atoms with Gasteiger partial charge in [0.1, 0.15) is 0 Å². The molecule has 3 aromatic rings. The Kier molecular flexibility index (Phi) is 2.19. The van der Waals surface area contributed by atoms with Crippen LogP contribution in [0.25, 0.3) is 22.0 Å². The Labute approximate surface area is 98.2 Å². The fraction of sp³-hybridized carbons (Fsp3) is 0. The van der Waals surface area contributed by atoms with Crippen molar-refractivity contribution in [3.8, 4) is 11.1 Å². The predicted molar refractivity (Wildman–Crippen MR) is 67.2 cm³/mol. The molecule has 0 bridgehead atoms. The van der Waals surface area contributed by atoms with E-state index in [9.17, 15) is 0 Å². The van der Waals surface area contributed by atoms with Crippen molar-refractivity contribution in [2.24, 2.45) is 0 Å². The molecule has 4 heteroatoms. The van der Waals surface area contributed by atoms with Gasteiger partial charge in [-0.3, -0.25) is 4.98 Å². The largest absolute Gasteiger partial charge is 0.368 e. The monoisotopic (exact) mass is 222 g/mol. The van der Waals surface area contributed by atoms with Crippen LogP contribution in [0.1, 0.15) is 0 Å². The first-order chi connectivity index (χ1) is 8.33. The Hall–Kier alpha value is -2.49. The number of fused-ring (bicyclic) bond motifs is 1. The molecule has 0 atom stereocenters. The van der Waals surface area contributed by atoms with Gasteiger partial charge in [0, 0.05) is 35.1 Å². The van der Waals surface area contributed by atoms with E-state index >= 15 is 0 Å². The summed E-state index contributed by atoms with van der Waals surface area (Å²) < 4.78 is 0. The fourth-order valence-electron chi connectivity index (χ4n) is 1.72. The third-order valence-electron chi connectivity index (χ3n) is 2.60. The van der Waals surface area contributed by atoms with Gasteiger partial charge >= 0.3 is 0 Å². The molecule has 0 aliphatic heterocycles. The summed E-state index contributed by atoms with van der Waals surface area (Å²) >= 11 is 0. The van der Waals surface area contributed by atoms with Gasteiger partial charge in [0.25, 0.3) is 0 Å². The molecule has 0 radical (unpaired) electrons. The molecule has 17 heavy (non-hydrogen) atoms. The van der Waals surface area contributed by atoms with Gasteiger partial charge in [0.05, 0.1) is 5.52 Å². The third kappa shape index (κ3) is 1.80. The maximum Gasteiger partial charge on any atom is 0.219 e. The molecular weight excluding hydrogens is 212 g/mol. The van der Waals surface area contributed by atoms with Crippen LogP contribution in [0, 0.1) is 0 Å². The van der Waals surface area contributed by atoms with Crippen molar-refractivity contribution in [3.05, 3.63) is 48.9 Å². The van der Waals surface area contributed by atoms with Crippen LogP contribution in [0.3, 0.4) is 0 Å². The van der Waals surface area contributed by atoms with Gasteiger partial charge in [-0.2, -0.15) is 0 Å². The molecule has 4 nitrogen and oxygen atoms in total. The summed E-state index contributed by atoms with van der Waals surface area (Å²) in [5.41, 5.74) is 8.34. The second-order valence-corrected chi connectivity index (χ2v) is 3.75. The lowest BCUT2D eigenvalue weighted by Crippen LogP contribution is -1.93. The van der Waals surface area contributed by atoms with Crippen LogP contribution in [-0.2, 0) is 0 Å². The average molecular weight is 222 g/mol. The Morgan fingerprint density at radius 1 is 0.824 bits per heavy atom. The normalized spacial score (nSPS) is 10.6. The van der Waals surface area contributed by atoms with Gasteiger partial charge in [-0.05, 0) is 12.1 Å². The van der Waals surface area contributed by atoms with E-state index in [1.165, 1.54) is 0 Å².